The molecule has 0 saturated carbocycles. The number of halogens is 1. The molecule has 1 aliphatic rings. The zero-order valence-electron chi connectivity index (χ0n) is 17.2. The molecule has 0 radical (unpaired) electrons. The molecule has 1 aliphatic heterocycles. The minimum absolute atomic E-state index is 0.350. The van der Waals surface area contributed by atoms with Gasteiger partial charge in [0, 0.05) is 42.5 Å². The summed E-state index contributed by atoms with van der Waals surface area (Å²) in [7, 11) is 0. The monoisotopic (exact) mass is 436 g/mol. The zero-order chi connectivity index (χ0) is 21.3. The lowest BCUT2D eigenvalue weighted by molar-refractivity contribution is 0.295. The summed E-state index contributed by atoms with van der Waals surface area (Å²) in [6.07, 6.45) is 7.73. The summed E-state index contributed by atoms with van der Waals surface area (Å²) in [6, 6.07) is 15.5. The SMILES string of the molecule is Clc1cccc(N/N=C/c2cc(N3CCCCC3)nc(OCCc3ccccn3)n2)c1. The predicted octanol–water partition coefficient (Wildman–Crippen LogP) is 4.58. The fraction of sp³-hybridized carbons (Fsp3) is 0.304. The van der Waals surface area contributed by atoms with E-state index < -0.39 is 0 Å². The number of nitrogens with one attached hydrogen (secondary N) is 1. The van der Waals surface area contributed by atoms with Crippen LogP contribution in [0.5, 0.6) is 6.01 Å². The lowest BCUT2D eigenvalue weighted by Gasteiger charge is -2.27. The van der Waals surface area contributed by atoms with Crippen LogP contribution in [0.2, 0.25) is 5.02 Å². The van der Waals surface area contributed by atoms with Gasteiger partial charge in [0.1, 0.15) is 5.82 Å². The topological polar surface area (TPSA) is 75.5 Å². The van der Waals surface area contributed by atoms with E-state index >= 15 is 0 Å². The Hall–Kier alpha value is -3.19. The van der Waals surface area contributed by atoms with Gasteiger partial charge in [0.05, 0.1) is 24.2 Å². The number of piperidine rings is 1. The number of hydrogen-bond acceptors (Lipinski definition) is 7. The van der Waals surface area contributed by atoms with Crippen LogP contribution in [0, 0.1) is 0 Å². The van der Waals surface area contributed by atoms with Gasteiger partial charge in [-0.1, -0.05) is 23.7 Å². The molecular formula is C23H25ClN6O. The van der Waals surface area contributed by atoms with E-state index in [1.807, 2.05) is 48.5 Å². The molecule has 1 fully saturated rings. The number of nitrogens with zero attached hydrogens (tertiary/aromatic N) is 5. The predicted molar refractivity (Wildman–Crippen MR) is 124 cm³/mol. The van der Waals surface area contributed by atoms with Crippen molar-refractivity contribution in [2.75, 3.05) is 30.0 Å². The summed E-state index contributed by atoms with van der Waals surface area (Å²) >= 11 is 6.02. The second-order valence-corrected chi connectivity index (χ2v) is 7.72. The van der Waals surface area contributed by atoms with E-state index in [1.54, 1.807) is 12.4 Å². The summed E-state index contributed by atoms with van der Waals surface area (Å²) < 4.78 is 5.87. The van der Waals surface area contributed by atoms with Crippen molar-refractivity contribution in [2.24, 2.45) is 5.10 Å². The van der Waals surface area contributed by atoms with Gasteiger partial charge in [-0.05, 0) is 49.6 Å². The molecule has 1 aromatic carbocycles. The van der Waals surface area contributed by atoms with E-state index in [0.29, 0.717) is 29.8 Å². The molecule has 8 heteroatoms. The van der Waals surface area contributed by atoms with E-state index in [0.717, 1.165) is 30.3 Å². The molecule has 0 amide bonds. The van der Waals surface area contributed by atoms with Crippen molar-refractivity contribution in [3.63, 3.8) is 0 Å². The molecule has 1 N–H and O–H groups in total. The Morgan fingerprint density at radius 2 is 1.97 bits per heavy atom. The smallest absolute Gasteiger partial charge is 0.318 e. The van der Waals surface area contributed by atoms with Crippen molar-refractivity contribution in [3.05, 3.63) is 71.1 Å². The van der Waals surface area contributed by atoms with Gasteiger partial charge in [0.2, 0.25) is 0 Å². The third kappa shape index (κ3) is 6.39. The number of ether oxygens (including phenoxy) is 1. The number of pyridine rings is 1. The van der Waals surface area contributed by atoms with Crippen molar-refractivity contribution in [1.82, 2.24) is 15.0 Å². The van der Waals surface area contributed by atoms with Crippen molar-refractivity contribution in [3.8, 4) is 6.01 Å². The van der Waals surface area contributed by atoms with Crippen LogP contribution < -0.4 is 15.1 Å². The van der Waals surface area contributed by atoms with Gasteiger partial charge >= 0.3 is 6.01 Å². The van der Waals surface area contributed by atoms with Gasteiger partial charge < -0.3 is 9.64 Å². The summed E-state index contributed by atoms with van der Waals surface area (Å²) in [5.41, 5.74) is 5.44. The first-order chi connectivity index (χ1) is 15.3. The van der Waals surface area contributed by atoms with E-state index in [2.05, 4.69) is 30.4 Å². The number of anilines is 2. The van der Waals surface area contributed by atoms with Crippen LogP contribution in [0.4, 0.5) is 11.5 Å². The van der Waals surface area contributed by atoms with Gasteiger partial charge in [0.25, 0.3) is 0 Å². The first kappa shape index (κ1) is 21.1. The Kier molecular flexibility index (Phi) is 7.28. The molecule has 0 unspecified atom stereocenters. The summed E-state index contributed by atoms with van der Waals surface area (Å²) in [5, 5.41) is 4.95. The van der Waals surface area contributed by atoms with Gasteiger partial charge in [-0.2, -0.15) is 15.1 Å². The van der Waals surface area contributed by atoms with Crippen LogP contribution in [-0.2, 0) is 6.42 Å². The van der Waals surface area contributed by atoms with Crippen LogP contribution in [0.25, 0.3) is 0 Å². The zero-order valence-corrected chi connectivity index (χ0v) is 18.0. The van der Waals surface area contributed by atoms with Crippen LogP contribution in [-0.4, -0.2) is 40.9 Å². The minimum atomic E-state index is 0.350. The number of hydrazone groups is 1. The Labute approximate surface area is 187 Å². The molecule has 1 saturated heterocycles. The van der Waals surface area contributed by atoms with E-state index in [4.69, 9.17) is 16.3 Å². The Bertz CT molecular complexity index is 1010. The molecule has 0 bridgehead atoms. The van der Waals surface area contributed by atoms with Gasteiger partial charge in [-0.15, -0.1) is 0 Å². The third-order valence-electron chi connectivity index (χ3n) is 4.92. The second-order valence-electron chi connectivity index (χ2n) is 7.28. The summed E-state index contributed by atoms with van der Waals surface area (Å²) in [6.45, 7) is 2.43. The Morgan fingerprint density at radius 3 is 2.77 bits per heavy atom. The lowest BCUT2D eigenvalue weighted by atomic mass is 10.1. The standard InChI is InChI=1S/C23H25ClN6O/c24-18-7-6-9-20(15-18)29-26-17-21-16-22(30-12-4-1-5-13-30)28-23(27-21)31-14-10-19-8-2-3-11-25-19/h2-3,6-9,11,15-17,29H,1,4-5,10,12-14H2/b26-17+. The highest BCUT2D eigenvalue weighted by atomic mass is 35.5. The largest absolute Gasteiger partial charge is 0.463 e. The normalized spacial score (nSPS) is 14.0. The summed E-state index contributed by atoms with van der Waals surface area (Å²) in [4.78, 5) is 15.8. The molecule has 31 heavy (non-hydrogen) atoms. The number of hydrogen-bond donors (Lipinski definition) is 1. The Balaban J connectivity index is 1.47. The first-order valence-corrected chi connectivity index (χ1v) is 10.9. The maximum atomic E-state index is 6.02. The number of benzene rings is 1. The number of rotatable bonds is 8. The molecule has 2 aromatic heterocycles. The molecular weight excluding hydrogens is 412 g/mol. The fourth-order valence-corrected chi connectivity index (χ4v) is 3.56. The molecule has 160 valence electrons. The lowest BCUT2D eigenvalue weighted by Crippen LogP contribution is -2.30. The van der Waals surface area contributed by atoms with Crippen LogP contribution in [0.1, 0.15) is 30.7 Å². The van der Waals surface area contributed by atoms with Crippen LogP contribution >= 0.6 is 11.6 Å². The first-order valence-electron chi connectivity index (χ1n) is 10.5. The van der Waals surface area contributed by atoms with Gasteiger partial charge in [0.15, 0.2) is 0 Å². The second kappa shape index (κ2) is 10.7. The van der Waals surface area contributed by atoms with Crippen molar-refractivity contribution >= 4 is 29.3 Å². The molecule has 4 rings (SSSR count). The van der Waals surface area contributed by atoms with Crippen molar-refractivity contribution in [2.45, 2.75) is 25.7 Å². The molecule has 3 aromatic rings. The fourth-order valence-electron chi connectivity index (χ4n) is 3.37. The molecule has 0 atom stereocenters. The molecule has 7 nitrogen and oxygen atoms in total. The highest BCUT2D eigenvalue weighted by molar-refractivity contribution is 6.30. The number of aromatic nitrogens is 3. The Morgan fingerprint density at radius 1 is 1.06 bits per heavy atom. The van der Waals surface area contributed by atoms with E-state index in [1.165, 1.54) is 19.3 Å². The molecule has 0 aliphatic carbocycles. The average Bonchev–Trinajstić information content (AvgIpc) is 2.80. The maximum Gasteiger partial charge on any atom is 0.318 e. The summed E-state index contributed by atoms with van der Waals surface area (Å²) in [5.74, 6) is 0.867. The third-order valence-corrected chi connectivity index (χ3v) is 5.16. The minimum Gasteiger partial charge on any atom is -0.463 e. The average molecular weight is 437 g/mol. The highest BCUT2D eigenvalue weighted by Crippen LogP contribution is 2.21. The molecule has 3 heterocycles. The van der Waals surface area contributed by atoms with Crippen LogP contribution in [0.15, 0.2) is 59.8 Å². The van der Waals surface area contributed by atoms with Crippen molar-refractivity contribution < 1.29 is 4.74 Å². The maximum absolute atomic E-state index is 6.02. The van der Waals surface area contributed by atoms with Crippen molar-refractivity contribution in [1.29, 1.82) is 0 Å². The van der Waals surface area contributed by atoms with E-state index in [9.17, 15) is 0 Å². The van der Waals surface area contributed by atoms with Gasteiger partial charge in [-0.25, -0.2) is 0 Å². The van der Waals surface area contributed by atoms with Gasteiger partial charge in [-0.3, -0.25) is 10.4 Å². The van der Waals surface area contributed by atoms with E-state index in [-0.39, 0.29) is 0 Å². The quantitative estimate of drug-likeness (QED) is 0.411. The van der Waals surface area contributed by atoms with Crippen LogP contribution in [0.3, 0.4) is 0 Å². The molecule has 0 spiro atoms. The highest BCUT2D eigenvalue weighted by Gasteiger charge is 2.15.